The zero-order valence-electron chi connectivity index (χ0n) is 18.7. The Labute approximate surface area is 202 Å². The molecule has 0 bridgehead atoms. The molecule has 4 aromatic rings. The number of ether oxygens (including phenoxy) is 1. The molecule has 0 aliphatic rings. The summed E-state index contributed by atoms with van der Waals surface area (Å²) in [5.74, 6) is -2.30. The molecule has 1 amide bonds. The van der Waals surface area contributed by atoms with Gasteiger partial charge in [-0.1, -0.05) is 60.7 Å². The van der Waals surface area contributed by atoms with Crippen LogP contribution in [-0.2, 0) is 4.74 Å². The maximum atomic E-state index is 13.4. The van der Waals surface area contributed by atoms with Gasteiger partial charge in [-0.25, -0.2) is 13.6 Å². The Hall–Kier alpha value is -4.32. The summed E-state index contributed by atoms with van der Waals surface area (Å²) < 4.78 is 32.6. The minimum Gasteiger partial charge on any atom is -0.453 e. The van der Waals surface area contributed by atoms with Crippen molar-refractivity contribution >= 4 is 11.9 Å². The van der Waals surface area contributed by atoms with Gasteiger partial charge in [0.05, 0.1) is 5.56 Å². The minimum absolute atomic E-state index is 0.149. The van der Waals surface area contributed by atoms with Crippen molar-refractivity contribution in [3.05, 3.63) is 143 Å². The molecule has 2 unspecified atom stereocenters. The number of nitrogens with one attached hydrogen (secondary N) is 1. The van der Waals surface area contributed by atoms with Gasteiger partial charge in [-0.15, -0.1) is 0 Å². The average Bonchev–Trinajstić information content (AvgIpc) is 2.90. The molecule has 4 rings (SSSR count). The van der Waals surface area contributed by atoms with E-state index in [4.69, 9.17) is 4.74 Å². The molecule has 2 atom stereocenters. The molecule has 0 saturated carbocycles. The second-order valence-electron chi connectivity index (χ2n) is 7.98. The van der Waals surface area contributed by atoms with E-state index < -0.39 is 29.6 Å². The third-order valence-corrected chi connectivity index (χ3v) is 5.62. The largest absolute Gasteiger partial charge is 0.453 e. The van der Waals surface area contributed by atoms with Crippen molar-refractivity contribution < 1.29 is 23.1 Å². The lowest BCUT2D eigenvalue weighted by Gasteiger charge is -2.28. The number of halogens is 2. The Balaban J connectivity index is 1.64. The third-order valence-electron chi connectivity index (χ3n) is 5.62. The number of esters is 1. The van der Waals surface area contributed by atoms with Gasteiger partial charge in [-0.3, -0.25) is 4.79 Å². The maximum Gasteiger partial charge on any atom is 0.338 e. The fraction of sp³-hybridized carbons (Fsp3) is 0.103. The molecular formula is C29H23F2NO3. The summed E-state index contributed by atoms with van der Waals surface area (Å²) in [5.41, 5.74) is 2.13. The molecule has 4 nitrogen and oxygen atoms in total. The van der Waals surface area contributed by atoms with Gasteiger partial charge in [0.25, 0.3) is 5.91 Å². The Bertz CT molecular complexity index is 1260. The molecule has 176 valence electrons. The smallest absolute Gasteiger partial charge is 0.338 e. The molecule has 0 saturated heterocycles. The van der Waals surface area contributed by atoms with E-state index in [2.05, 4.69) is 5.32 Å². The van der Waals surface area contributed by atoms with Crippen LogP contribution < -0.4 is 5.32 Å². The SMILES string of the molecule is O=C(NCC(c1ccccc1)C(OC(=O)c1ccc(F)cc1)c1ccccc1)c1ccc(F)cc1. The van der Waals surface area contributed by atoms with E-state index in [9.17, 15) is 18.4 Å². The summed E-state index contributed by atoms with van der Waals surface area (Å²) in [6.45, 7) is 0.149. The number of rotatable bonds is 8. The Morgan fingerprint density at radius 1 is 0.657 bits per heavy atom. The molecule has 0 aromatic heterocycles. The standard InChI is InChI=1S/C29H23F2NO3/c30-24-15-11-22(12-16-24)28(33)32-19-26(20-7-3-1-4-8-20)27(21-9-5-2-6-10-21)35-29(34)23-13-17-25(31)18-14-23/h1-18,26-27H,19H2,(H,32,33). The lowest BCUT2D eigenvalue weighted by atomic mass is 9.88. The molecule has 4 aromatic carbocycles. The van der Waals surface area contributed by atoms with Gasteiger partial charge < -0.3 is 10.1 Å². The van der Waals surface area contributed by atoms with Crippen molar-refractivity contribution in [2.45, 2.75) is 12.0 Å². The summed E-state index contributed by atoms with van der Waals surface area (Å²) >= 11 is 0. The topological polar surface area (TPSA) is 55.4 Å². The first-order valence-corrected chi connectivity index (χ1v) is 11.1. The van der Waals surface area contributed by atoms with Crippen LogP contribution in [-0.4, -0.2) is 18.4 Å². The Morgan fingerprint density at radius 3 is 1.69 bits per heavy atom. The van der Waals surface area contributed by atoms with Gasteiger partial charge in [-0.05, 0) is 59.7 Å². The lowest BCUT2D eigenvalue weighted by Crippen LogP contribution is -2.32. The monoisotopic (exact) mass is 471 g/mol. The van der Waals surface area contributed by atoms with Crippen LogP contribution in [0.15, 0.2) is 109 Å². The molecule has 0 aliphatic carbocycles. The summed E-state index contributed by atoms with van der Waals surface area (Å²) in [7, 11) is 0. The van der Waals surface area contributed by atoms with E-state index in [1.807, 2.05) is 60.7 Å². The summed E-state index contributed by atoms with van der Waals surface area (Å²) in [6.07, 6.45) is -0.746. The predicted octanol–water partition coefficient (Wildman–Crippen LogP) is 6.08. The van der Waals surface area contributed by atoms with Gasteiger partial charge in [-0.2, -0.15) is 0 Å². The number of amides is 1. The molecule has 0 fully saturated rings. The van der Waals surface area contributed by atoms with Crippen molar-refractivity contribution in [3.8, 4) is 0 Å². The summed E-state index contributed by atoms with van der Waals surface area (Å²) in [5, 5.41) is 2.89. The van der Waals surface area contributed by atoms with Gasteiger partial charge >= 0.3 is 5.97 Å². The van der Waals surface area contributed by atoms with Gasteiger partial charge in [0.2, 0.25) is 0 Å². The van der Waals surface area contributed by atoms with Crippen LogP contribution in [0.1, 0.15) is 43.9 Å². The summed E-state index contributed by atoms with van der Waals surface area (Å²) in [4.78, 5) is 25.7. The predicted molar refractivity (Wildman–Crippen MR) is 129 cm³/mol. The molecular weight excluding hydrogens is 448 g/mol. The maximum absolute atomic E-state index is 13.4. The number of hydrogen-bond acceptors (Lipinski definition) is 3. The molecule has 0 heterocycles. The van der Waals surface area contributed by atoms with Crippen molar-refractivity contribution in [2.24, 2.45) is 0 Å². The zero-order chi connectivity index (χ0) is 24.6. The van der Waals surface area contributed by atoms with Gasteiger partial charge in [0.15, 0.2) is 0 Å². The molecule has 6 heteroatoms. The highest BCUT2D eigenvalue weighted by Crippen LogP contribution is 2.34. The van der Waals surface area contributed by atoms with Crippen molar-refractivity contribution in [2.75, 3.05) is 6.54 Å². The van der Waals surface area contributed by atoms with Crippen LogP contribution in [0.25, 0.3) is 0 Å². The lowest BCUT2D eigenvalue weighted by molar-refractivity contribution is 0.0226. The fourth-order valence-electron chi connectivity index (χ4n) is 3.80. The molecule has 35 heavy (non-hydrogen) atoms. The third kappa shape index (κ3) is 6.18. The van der Waals surface area contributed by atoms with E-state index in [0.717, 1.165) is 11.1 Å². The van der Waals surface area contributed by atoms with Crippen molar-refractivity contribution in [1.29, 1.82) is 0 Å². The molecule has 0 aliphatic heterocycles. The summed E-state index contributed by atoms with van der Waals surface area (Å²) in [6, 6.07) is 29.0. The van der Waals surface area contributed by atoms with Crippen LogP contribution in [0.4, 0.5) is 8.78 Å². The van der Waals surface area contributed by atoms with E-state index in [1.165, 1.54) is 48.5 Å². The fourth-order valence-corrected chi connectivity index (χ4v) is 3.80. The first-order valence-electron chi connectivity index (χ1n) is 11.1. The van der Waals surface area contributed by atoms with Crippen molar-refractivity contribution in [1.82, 2.24) is 5.32 Å². The van der Waals surface area contributed by atoms with Crippen LogP contribution in [0.5, 0.6) is 0 Å². The van der Waals surface area contributed by atoms with E-state index in [-0.39, 0.29) is 18.0 Å². The number of carbonyl (C=O) groups is 2. The first kappa shape index (κ1) is 23.8. The first-order chi connectivity index (χ1) is 17.0. The normalized spacial score (nSPS) is 12.4. The van der Waals surface area contributed by atoms with E-state index in [0.29, 0.717) is 5.56 Å². The number of benzene rings is 4. The van der Waals surface area contributed by atoms with Crippen LogP contribution in [0, 0.1) is 11.6 Å². The van der Waals surface area contributed by atoms with E-state index in [1.54, 1.807) is 0 Å². The zero-order valence-corrected chi connectivity index (χ0v) is 18.7. The highest BCUT2D eigenvalue weighted by atomic mass is 19.1. The second kappa shape index (κ2) is 11.2. The van der Waals surface area contributed by atoms with Gasteiger partial charge in [0.1, 0.15) is 17.7 Å². The molecule has 0 spiro atoms. The molecule has 0 radical (unpaired) electrons. The van der Waals surface area contributed by atoms with Crippen LogP contribution >= 0.6 is 0 Å². The van der Waals surface area contributed by atoms with Crippen LogP contribution in [0.3, 0.4) is 0 Å². The van der Waals surface area contributed by atoms with Gasteiger partial charge in [0, 0.05) is 18.0 Å². The quantitative estimate of drug-likeness (QED) is 0.317. The van der Waals surface area contributed by atoms with Crippen molar-refractivity contribution in [3.63, 3.8) is 0 Å². The Kier molecular flexibility index (Phi) is 7.63. The highest BCUT2D eigenvalue weighted by molar-refractivity contribution is 5.94. The highest BCUT2D eigenvalue weighted by Gasteiger charge is 2.29. The Morgan fingerprint density at radius 2 is 1.14 bits per heavy atom. The average molecular weight is 472 g/mol. The molecule has 1 N–H and O–H groups in total. The van der Waals surface area contributed by atoms with Crippen LogP contribution in [0.2, 0.25) is 0 Å². The second-order valence-corrected chi connectivity index (χ2v) is 7.98. The minimum atomic E-state index is -0.746. The number of carbonyl (C=O) groups excluding carboxylic acids is 2. The number of hydrogen-bond donors (Lipinski definition) is 1. The van der Waals surface area contributed by atoms with E-state index >= 15 is 0 Å².